The Hall–Kier alpha value is -0.610. The van der Waals surface area contributed by atoms with Gasteiger partial charge in [0.15, 0.2) is 0 Å². The fraction of sp³-hybridized carbons (Fsp3) is 0.909. The fourth-order valence-electron chi connectivity index (χ4n) is 1.49. The normalized spacial score (nSPS) is 11.3. The maximum Gasteiger partial charge on any atom is 0.0905 e. The van der Waals surface area contributed by atoms with Gasteiger partial charge in [0.25, 0.3) is 0 Å². The van der Waals surface area contributed by atoms with Crippen LogP contribution in [-0.4, -0.2) is 55.9 Å². The zero-order chi connectivity index (χ0) is 11.7. The van der Waals surface area contributed by atoms with Crippen LogP contribution in [0.2, 0.25) is 0 Å². The average molecular weight is 214 g/mol. The number of amidine groups is 1. The lowest BCUT2D eigenvalue weighted by molar-refractivity contribution is 0.240. The molecule has 0 atom stereocenters. The molecule has 0 heterocycles. The van der Waals surface area contributed by atoms with E-state index in [2.05, 4.69) is 30.8 Å². The Morgan fingerprint density at radius 2 is 1.80 bits per heavy atom. The Bertz CT molecular complexity index is 168. The molecule has 3 N–H and O–H groups in total. The van der Waals surface area contributed by atoms with Crippen molar-refractivity contribution in [1.29, 1.82) is 5.41 Å². The smallest absolute Gasteiger partial charge is 0.0905 e. The standard InChI is InChI=1S/C11H26N4/c1-4-7-15(10-9-14(2)3)8-5-6-11(12)13/h4-10H2,1-3H3,(H3,12,13). The van der Waals surface area contributed by atoms with Crippen molar-refractivity contribution >= 4 is 5.84 Å². The largest absolute Gasteiger partial charge is 0.388 e. The van der Waals surface area contributed by atoms with Gasteiger partial charge >= 0.3 is 0 Å². The van der Waals surface area contributed by atoms with E-state index in [4.69, 9.17) is 11.1 Å². The first kappa shape index (κ1) is 14.4. The highest BCUT2D eigenvalue weighted by Gasteiger charge is 2.04. The molecular weight excluding hydrogens is 188 g/mol. The molecule has 0 spiro atoms. The van der Waals surface area contributed by atoms with Gasteiger partial charge in [-0.2, -0.15) is 0 Å². The SMILES string of the molecule is CCCN(CCCC(=N)N)CCN(C)C. The molecule has 0 unspecified atom stereocenters. The molecule has 4 nitrogen and oxygen atoms in total. The summed E-state index contributed by atoms with van der Waals surface area (Å²) in [5, 5.41) is 7.16. The molecule has 0 aromatic heterocycles. The summed E-state index contributed by atoms with van der Waals surface area (Å²) >= 11 is 0. The van der Waals surface area contributed by atoms with Crippen molar-refractivity contribution in [1.82, 2.24) is 9.80 Å². The van der Waals surface area contributed by atoms with Crippen molar-refractivity contribution < 1.29 is 0 Å². The van der Waals surface area contributed by atoms with Crippen LogP contribution in [-0.2, 0) is 0 Å². The van der Waals surface area contributed by atoms with Crippen molar-refractivity contribution in [3.05, 3.63) is 0 Å². The van der Waals surface area contributed by atoms with Crippen molar-refractivity contribution in [2.24, 2.45) is 5.73 Å². The summed E-state index contributed by atoms with van der Waals surface area (Å²) in [6.45, 7) is 6.61. The van der Waals surface area contributed by atoms with Crippen LogP contribution in [0.5, 0.6) is 0 Å². The lowest BCUT2D eigenvalue weighted by Crippen LogP contribution is -2.33. The zero-order valence-electron chi connectivity index (χ0n) is 10.4. The molecule has 0 bridgehead atoms. The van der Waals surface area contributed by atoms with Crippen molar-refractivity contribution in [3.63, 3.8) is 0 Å². The van der Waals surface area contributed by atoms with Gasteiger partial charge in [-0.15, -0.1) is 0 Å². The van der Waals surface area contributed by atoms with Crippen LogP contribution in [0.1, 0.15) is 26.2 Å². The van der Waals surface area contributed by atoms with Gasteiger partial charge in [0.1, 0.15) is 0 Å². The van der Waals surface area contributed by atoms with Gasteiger partial charge in [0.2, 0.25) is 0 Å². The second-order valence-corrected chi connectivity index (χ2v) is 4.27. The van der Waals surface area contributed by atoms with Crippen LogP contribution < -0.4 is 5.73 Å². The summed E-state index contributed by atoms with van der Waals surface area (Å²) in [6, 6.07) is 0. The minimum atomic E-state index is 0.305. The monoisotopic (exact) mass is 214 g/mol. The van der Waals surface area contributed by atoms with E-state index in [1.807, 2.05) is 0 Å². The van der Waals surface area contributed by atoms with Gasteiger partial charge in [-0.3, -0.25) is 5.41 Å². The minimum Gasteiger partial charge on any atom is -0.388 e. The molecule has 0 aliphatic heterocycles. The van der Waals surface area contributed by atoms with E-state index in [-0.39, 0.29) is 0 Å². The molecule has 0 aliphatic carbocycles. The number of nitrogens with zero attached hydrogens (tertiary/aromatic N) is 2. The van der Waals surface area contributed by atoms with Crippen LogP contribution in [0.3, 0.4) is 0 Å². The summed E-state index contributed by atoms with van der Waals surface area (Å²) < 4.78 is 0. The maximum absolute atomic E-state index is 7.16. The lowest BCUT2D eigenvalue weighted by atomic mass is 10.2. The van der Waals surface area contributed by atoms with Gasteiger partial charge in [-0.25, -0.2) is 0 Å². The summed E-state index contributed by atoms with van der Waals surface area (Å²) in [4.78, 5) is 4.65. The predicted octanol–water partition coefficient (Wildman–Crippen LogP) is 0.976. The first-order valence-corrected chi connectivity index (χ1v) is 5.76. The van der Waals surface area contributed by atoms with Crippen LogP contribution in [0.25, 0.3) is 0 Å². The third kappa shape index (κ3) is 9.69. The lowest BCUT2D eigenvalue weighted by Gasteiger charge is -2.23. The van der Waals surface area contributed by atoms with Crippen LogP contribution in [0.15, 0.2) is 0 Å². The Morgan fingerprint density at radius 3 is 2.27 bits per heavy atom. The molecule has 0 aromatic carbocycles. The predicted molar refractivity (Wildman–Crippen MR) is 66.4 cm³/mol. The van der Waals surface area contributed by atoms with Crippen molar-refractivity contribution in [2.75, 3.05) is 40.3 Å². The van der Waals surface area contributed by atoms with E-state index in [9.17, 15) is 0 Å². The van der Waals surface area contributed by atoms with E-state index in [0.717, 1.165) is 39.0 Å². The van der Waals surface area contributed by atoms with Gasteiger partial charge in [0.05, 0.1) is 5.84 Å². The molecule has 0 aliphatic rings. The summed E-state index contributed by atoms with van der Waals surface area (Å²) in [5.41, 5.74) is 5.33. The number of likely N-dealkylation sites (N-methyl/N-ethyl adjacent to an activating group) is 1. The van der Waals surface area contributed by atoms with Gasteiger partial charge in [-0.05, 0) is 40.0 Å². The Balaban J connectivity index is 3.67. The van der Waals surface area contributed by atoms with Crippen LogP contribution in [0.4, 0.5) is 0 Å². The molecule has 0 rings (SSSR count). The second-order valence-electron chi connectivity index (χ2n) is 4.27. The molecule has 0 aromatic rings. The van der Waals surface area contributed by atoms with E-state index in [1.165, 1.54) is 6.42 Å². The van der Waals surface area contributed by atoms with E-state index in [1.54, 1.807) is 0 Å². The van der Waals surface area contributed by atoms with Gasteiger partial charge in [-0.1, -0.05) is 6.92 Å². The molecule has 15 heavy (non-hydrogen) atoms. The van der Waals surface area contributed by atoms with Crippen LogP contribution >= 0.6 is 0 Å². The Morgan fingerprint density at radius 1 is 1.13 bits per heavy atom. The number of rotatable bonds is 9. The molecular formula is C11H26N4. The number of hydrogen-bond acceptors (Lipinski definition) is 3. The number of nitrogens with two attached hydrogens (primary N) is 1. The highest BCUT2D eigenvalue weighted by Crippen LogP contribution is 1.97. The number of nitrogens with one attached hydrogen (secondary N) is 1. The van der Waals surface area contributed by atoms with E-state index in [0.29, 0.717) is 5.84 Å². The highest BCUT2D eigenvalue weighted by molar-refractivity contribution is 5.76. The molecule has 0 radical (unpaired) electrons. The summed E-state index contributed by atoms with van der Waals surface area (Å²) in [6.07, 6.45) is 2.92. The minimum absolute atomic E-state index is 0.305. The quantitative estimate of drug-likeness (QED) is 0.444. The van der Waals surface area contributed by atoms with E-state index < -0.39 is 0 Å². The molecule has 0 saturated heterocycles. The summed E-state index contributed by atoms with van der Waals surface area (Å²) in [7, 11) is 4.19. The van der Waals surface area contributed by atoms with E-state index >= 15 is 0 Å². The van der Waals surface area contributed by atoms with Crippen molar-refractivity contribution in [3.8, 4) is 0 Å². The number of hydrogen-bond donors (Lipinski definition) is 2. The molecule has 0 amide bonds. The molecule has 0 fully saturated rings. The topological polar surface area (TPSA) is 56.4 Å². The molecule has 4 heteroatoms. The second kappa shape index (κ2) is 8.68. The van der Waals surface area contributed by atoms with Gasteiger partial charge in [0, 0.05) is 19.5 Å². The molecule has 0 saturated carbocycles. The Labute approximate surface area is 93.9 Å². The first-order valence-electron chi connectivity index (χ1n) is 5.76. The molecule has 90 valence electrons. The van der Waals surface area contributed by atoms with Crippen LogP contribution in [0, 0.1) is 5.41 Å². The van der Waals surface area contributed by atoms with Crippen molar-refractivity contribution in [2.45, 2.75) is 26.2 Å². The zero-order valence-corrected chi connectivity index (χ0v) is 10.4. The first-order chi connectivity index (χ1) is 7.06. The summed E-state index contributed by atoms with van der Waals surface area (Å²) in [5.74, 6) is 0.305. The Kier molecular flexibility index (Phi) is 8.33. The third-order valence-corrected chi connectivity index (χ3v) is 2.32. The maximum atomic E-state index is 7.16. The highest BCUT2D eigenvalue weighted by atomic mass is 15.2. The van der Waals surface area contributed by atoms with Gasteiger partial charge < -0.3 is 15.5 Å². The average Bonchev–Trinajstić information content (AvgIpc) is 2.13. The third-order valence-electron chi connectivity index (χ3n) is 2.32. The fourth-order valence-corrected chi connectivity index (χ4v) is 1.49.